The van der Waals surface area contributed by atoms with Crippen molar-refractivity contribution in [2.75, 3.05) is 13.2 Å². The lowest BCUT2D eigenvalue weighted by molar-refractivity contribution is 0.0389. The number of nitrogens with one attached hydrogen (secondary N) is 1. The van der Waals surface area contributed by atoms with Crippen LogP contribution in [0.1, 0.15) is 36.9 Å². The van der Waals surface area contributed by atoms with E-state index in [-0.39, 0.29) is 6.04 Å². The van der Waals surface area contributed by atoms with Gasteiger partial charge in [0.15, 0.2) is 0 Å². The highest BCUT2D eigenvalue weighted by molar-refractivity contribution is 5.30. The molecule has 2 unspecified atom stereocenters. The SMILES string of the molecule is CCc1ccccc1C(NN)C1CCCOC1. The lowest BCUT2D eigenvalue weighted by Crippen LogP contribution is -2.37. The number of rotatable bonds is 4. The monoisotopic (exact) mass is 234 g/mol. The van der Waals surface area contributed by atoms with Crippen molar-refractivity contribution in [1.29, 1.82) is 0 Å². The Balaban J connectivity index is 2.21. The Morgan fingerprint density at radius 3 is 2.94 bits per heavy atom. The van der Waals surface area contributed by atoms with Crippen LogP contribution in [0, 0.1) is 5.92 Å². The van der Waals surface area contributed by atoms with E-state index in [2.05, 4.69) is 36.6 Å². The average molecular weight is 234 g/mol. The summed E-state index contributed by atoms with van der Waals surface area (Å²) in [4.78, 5) is 0. The van der Waals surface area contributed by atoms with E-state index in [1.807, 2.05) is 0 Å². The van der Waals surface area contributed by atoms with Crippen molar-refractivity contribution in [2.45, 2.75) is 32.2 Å². The Morgan fingerprint density at radius 1 is 1.47 bits per heavy atom. The smallest absolute Gasteiger partial charge is 0.0513 e. The van der Waals surface area contributed by atoms with Crippen molar-refractivity contribution in [3.63, 3.8) is 0 Å². The maximum absolute atomic E-state index is 5.75. The van der Waals surface area contributed by atoms with Gasteiger partial charge in [-0.25, -0.2) is 0 Å². The molecule has 3 heteroatoms. The maximum Gasteiger partial charge on any atom is 0.0513 e. The van der Waals surface area contributed by atoms with Gasteiger partial charge in [-0.05, 0) is 30.4 Å². The fraction of sp³-hybridized carbons (Fsp3) is 0.571. The first-order valence-electron chi connectivity index (χ1n) is 6.48. The molecule has 0 spiro atoms. The number of benzene rings is 1. The summed E-state index contributed by atoms with van der Waals surface area (Å²) in [5.41, 5.74) is 5.69. The molecule has 2 atom stereocenters. The number of hydrazine groups is 1. The summed E-state index contributed by atoms with van der Waals surface area (Å²) in [7, 11) is 0. The molecule has 1 heterocycles. The molecular weight excluding hydrogens is 212 g/mol. The molecule has 17 heavy (non-hydrogen) atoms. The van der Waals surface area contributed by atoms with Gasteiger partial charge >= 0.3 is 0 Å². The standard InChI is InChI=1S/C14H22N2O/c1-2-11-6-3-4-8-13(11)14(16-15)12-7-5-9-17-10-12/h3-4,6,8,12,14,16H,2,5,7,9-10,15H2,1H3. The molecule has 94 valence electrons. The van der Waals surface area contributed by atoms with E-state index in [1.165, 1.54) is 17.5 Å². The van der Waals surface area contributed by atoms with E-state index in [9.17, 15) is 0 Å². The van der Waals surface area contributed by atoms with Crippen LogP contribution in [-0.4, -0.2) is 13.2 Å². The highest BCUT2D eigenvalue weighted by Crippen LogP contribution is 2.30. The van der Waals surface area contributed by atoms with Crippen LogP contribution >= 0.6 is 0 Å². The molecule has 0 aliphatic carbocycles. The summed E-state index contributed by atoms with van der Waals surface area (Å²) in [6.45, 7) is 3.89. The second-order valence-electron chi connectivity index (χ2n) is 4.67. The Bertz CT molecular complexity index is 348. The molecule has 1 saturated heterocycles. The number of hydrogen-bond donors (Lipinski definition) is 2. The van der Waals surface area contributed by atoms with E-state index in [4.69, 9.17) is 10.6 Å². The first-order chi connectivity index (χ1) is 8.36. The second-order valence-corrected chi connectivity index (χ2v) is 4.67. The summed E-state index contributed by atoms with van der Waals surface area (Å²) in [6.07, 6.45) is 3.37. The van der Waals surface area contributed by atoms with Gasteiger partial charge in [-0.2, -0.15) is 0 Å². The third-order valence-corrected chi connectivity index (χ3v) is 3.62. The van der Waals surface area contributed by atoms with Gasteiger partial charge in [-0.1, -0.05) is 31.2 Å². The molecule has 2 rings (SSSR count). The summed E-state index contributed by atoms with van der Waals surface area (Å²) in [5, 5.41) is 0. The lowest BCUT2D eigenvalue weighted by atomic mass is 9.86. The van der Waals surface area contributed by atoms with Crippen molar-refractivity contribution in [1.82, 2.24) is 5.43 Å². The normalized spacial score (nSPS) is 22.4. The van der Waals surface area contributed by atoms with Gasteiger partial charge in [-0.3, -0.25) is 11.3 Å². The molecule has 1 fully saturated rings. The Kier molecular flexibility index (Phi) is 4.54. The van der Waals surface area contributed by atoms with Crippen molar-refractivity contribution in [3.8, 4) is 0 Å². The molecular formula is C14H22N2O. The summed E-state index contributed by atoms with van der Waals surface area (Å²) >= 11 is 0. The molecule has 1 aromatic rings. The van der Waals surface area contributed by atoms with Gasteiger partial charge in [-0.15, -0.1) is 0 Å². The van der Waals surface area contributed by atoms with Crippen LogP contribution in [0.2, 0.25) is 0 Å². The van der Waals surface area contributed by atoms with Crippen molar-refractivity contribution >= 4 is 0 Å². The summed E-state index contributed by atoms with van der Waals surface area (Å²) in [5.74, 6) is 6.24. The number of aryl methyl sites for hydroxylation is 1. The van der Waals surface area contributed by atoms with Gasteiger partial charge < -0.3 is 4.74 Å². The molecule has 1 aromatic carbocycles. The summed E-state index contributed by atoms with van der Waals surface area (Å²) < 4.78 is 5.56. The molecule has 0 amide bonds. The first-order valence-corrected chi connectivity index (χ1v) is 6.48. The van der Waals surface area contributed by atoms with E-state index < -0.39 is 0 Å². The third-order valence-electron chi connectivity index (χ3n) is 3.62. The minimum absolute atomic E-state index is 0.214. The molecule has 1 aliphatic rings. The number of nitrogens with two attached hydrogens (primary N) is 1. The highest BCUT2D eigenvalue weighted by atomic mass is 16.5. The van der Waals surface area contributed by atoms with Crippen LogP contribution in [-0.2, 0) is 11.2 Å². The number of ether oxygens (including phenoxy) is 1. The highest BCUT2D eigenvalue weighted by Gasteiger charge is 2.25. The Hall–Kier alpha value is -0.900. The van der Waals surface area contributed by atoms with E-state index in [0.717, 1.165) is 26.1 Å². The van der Waals surface area contributed by atoms with Gasteiger partial charge in [0.1, 0.15) is 0 Å². The van der Waals surface area contributed by atoms with Crippen molar-refractivity contribution in [3.05, 3.63) is 35.4 Å². The van der Waals surface area contributed by atoms with Crippen LogP contribution in [0.15, 0.2) is 24.3 Å². The maximum atomic E-state index is 5.75. The van der Waals surface area contributed by atoms with E-state index in [1.54, 1.807) is 0 Å². The molecule has 0 radical (unpaired) electrons. The fourth-order valence-corrected chi connectivity index (χ4v) is 2.67. The topological polar surface area (TPSA) is 47.3 Å². The molecule has 0 bridgehead atoms. The van der Waals surface area contributed by atoms with Crippen molar-refractivity contribution < 1.29 is 4.74 Å². The Labute approximate surface area is 103 Å². The zero-order valence-corrected chi connectivity index (χ0v) is 10.5. The van der Waals surface area contributed by atoms with Crippen LogP contribution < -0.4 is 11.3 Å². The van der Waals surface area contributed by atoms with E-state index >= 15 is 0 Å². The van der Waals surface area contributed by atoms with Crippen LogP contribution in [0.3, 0.4) is 0 Å². The largest absolute Gasteiger partial charge is 0.381 e. The van der Waals surface area contributed by atoms with Gasteiger partial charge in [0.05, 0.1) is 12.6 Å². The van der Waals surface area contributed by atoms with Gasteiger partial charge in [0.25, 0.3) is 0 Å². The lowest BCUT2D eigenvalue weighted by Gasteiger charge is -2.31. The quantitative estimate of drug-likeness (QED) is 0.620. The van der Waals surface area contributed by atoms with Gasteiger partial charge in [0.2, 0.25) is 0 Å². The average Bonchev–Trinajstić information content (AvgIpc) is 2.41. The third kappa shape index (κ3) is 2.86. The molecule has 3 N–H and O–H groups in total. The predicted molar refractivity (Wildman–Crippen MR) is 69.4 cm³/mol. The van der Waals surface area contributed by atoms with Crippen LogP contribution in [0.4, 0.5) is 0 Å². The summed E-state index contributed by atoms with van der Waals surface area (Å²) in [6, 6.07) is 8.75. The number of hydrogen-bond acceptors (Lipinski definition) is 3. The molecule has 0 saturated carbocycles. The predicted octanol–water partition coefficient (Wildman–Crippen LogP) is 2.18. The van der Waals surface area contributed by atoms with Gasteiger partial charge in [0, 0.05) is 12.5 Å². The van der Waals surface area contributed by atoms with E-state index in [0.29, 0.717) is 5.92 Å². The van der Waals surface area contributed by atoms with Crippen LogP contribution in [0.25, 0.3) is 0 Å². The zero-order chi connectivity index (χ0) is 12.1. The Morgan fingerprint density at radius 2 is 2.29 bits per heavy atom. The fourth-order valence-electron chi connectivity index (χ4n) is 2.67. The zero-order valence-electron chi connectivity index (χ0n) is 10.5. The van der Waals surface area contributed by atoms with Crippen molar-refractivity contribution in [2.24, 2.45) is 11.8 Å². The molecule has 1 aliphatic heterocycles. The minimum atomic E-state index is 0.214. The first kappa shape index (κ1) is 12.6. The molecule has 3 nitrogen and oxygen atoms in total. The van der Waals surface area contributed by atoms with Crippen LogP contribution in [0.5, 0.6) is 0 Å². The minimum Gasteiger partial charge on any atom is -0.381 e. The molecule has 0 aromatic heterocycles. The second kappa shape index (κ2) is 6.15.